The highest BCUT2D eigenvalue weighted by Crippen LogP contribution is 2.38. The van der Waals surface area contributed by atoms with Crippen molar-refractivity contribution in [3.63, 3.8) is 0 Å². The molecule has 1 aromatic carbocycles. The Hall–Kier alpha value is -2.69. The fraction of sp³-hybridized carbons (Fsp3) is 0.480. The predicted octanol–water partition coefficient (Wildman–Crippen LogP) is 3.87. The van der Waals surface area contributed by atoms with Crippen molar-refractivity contribution in [2.45, 2.75) is 52.0 Å². The lowest BCUT2D eigenvalue weighted by molar-refractivity contribution is 0.208. The molecule has 4 heterocycles. The molecule has 0 unspecified atom stereocenters. The Kier molecular flexibility index (Phi) is 5.51. The van der Waals surface area contributed by atoms with Crippen LogP contribution in [0.5, 0.6) is 5.75 Å². The van der Waals surface area contributed by atoms with Crippen molar-refractivity contribution < 1.29 is 9.13 Å². The average Bonchev–Trinajstić information content (AvgIpc) is 2.79. The minimum atomic E-state index is -0.286. The number of aromatic nitrogens is 2. The molecule has 0 atom stereocenters. The predicted molar refractivity (Wildman–Crippen MR) is 118 cm³/mol. The van der Waals surface area contributed by atoms with Gasteiger partial charge in [0.2, 0.25) is 0 Å². The quantitative estimate of drug-likeness (QED) is 0.704. The van der Waals surface area contributed by atoms with Gasteiger partial charge in [-0.15, -0.1) is 0 Å². The van der Waals surface area contributed by atoms with Crippen LogP contribution in [0.3, 0.4) is 0 Å². The first-order valence-electron chi connectivity index (χ1n) is 11.3. The maximum Gasteiger partial charge on any atom is 0.256 e. The Balaban J connectivity index is 1.23. The van der Waals surface area contributed by atoms with E-state index in [4.69, 9.17) is 9.72 Å². The van der Waals surface area contributed by atoms with Crippen molar-refractivity contribution in [3.8, 4) is 5.75 Å². The number of rotatable bonds is 4. The topological polar surface area (TPSA) is 47.4 Å². The lowest BCUT2D eigenvalue weighted by Gasteiger charge is -2.33. The number of benzene rings is 1. The van der Waals surface area contributed by atoms with Gasteiger partial charge in [-0.25, -0.2) is 9.37 Å². The van der Waals surface area contributed by atoms with Gasteiger partial charge in [0.25, 0.3) is 5.56 Å². The first-order chi connectivity index (χ1) is 15.1. The van der Waals surface area contributed by atoms with Gasteiger partial charge in [0.15, 0.2) is 0 Å². The van der Waals surface area contributed by atoms with Crippen molar-refractivity contribution in [1.29, 1.82) is 0 Å². The Morgan fingerprint density at radius 1 is 1.23 bits per heavy atom. The van der Waals surface area contributed by atoms with Crippen molar-refractivity contribution in [2.75, 3.05) is 19.6 Å². The number of halogens is 1. The van der Waals surface area contributed by atoms with Gasteiger partial charge in [0.05, 0.1) is 0 Å². The fourth-order valence-corrected chi connectivity index (χ4v) is 5.12. The van der Waals surface area contributed by atoms with Crippen LogP contribution in [0.25, 0.3) is 5.57 Å². The molecule has 5 rings (SSSR count). The summed E-state index contributed by atoms with van der Waals surface area (Å²) in [7, 11) is 0. The number of piperidine rings is 1. The monoisotopic (exact) mass is 421 g/mol. The molecule has 1 saturated heterocycles. The Morgan fingerprint density at radius 2 is 2.06 bits per heavy atom. The van der Waals surface area contributed by atoms with Crippen LogP contribution in [-0.4, -0.2) is 34.1 Å². The Morgan fingerprint density at radius 3 is 2.90 bits per heavy atom. The van der Waals surface area contributed by atoms with Crippen molar-refractivity contribution in [1.82, 2.24) is 14.5 Å². The summed E-state index contributed by atoms with van der Waals surface area (Å²) in [6, 6.07) is 4.72. The molecule has 1 fully saturated rings. The highest BCUT2D eigenvalue weighted by Gasteiger charge is 2.26. The number of nitrogens with zero attached hydrogens (tertiary/aromatic N) is 3. The summed E-state index contributed by atoms with van der Waals surface area (Å²) >= 11 is 0. The van der Waals surface area contributed by atoms with E-state index in [1.165, 1.54) is 12.1 Å². The van der Waals surface area contributed by atoms with E-state index in [0.717, 1.165) is 92.9 Å². The molecule has 0 saturated carbocycles. The molecule has 1 aromatic heterocycles. The Labute approximate surface area is 181 Å². The zero-order valence-electron chi connectivity index (χ0n) is 18.0. The Bertz CT molecular complexity index is 1120. The largest absolute Gasteiger partial charge is 0.456 e. The maximum atomic E-state index is 13.5. The number of likely N-dealkylation sites (tertiary alicyclic amines) is 1. The molecule has 0 bridgehead atoms. The van der Waals surface area contributed by atoms with E-state index in [2.05, 4.69) is 10.6 Å². The zero-order chi connectivity index (χ0) is 21.4. The van der Waals surface area contributed by atoms with E-state index in [9.17, 15) is 9.18 Å². The van der Waals surface area contributed by atoms with E-state index in [1.54, 1.807) is 12.3 Å². The fourth-order valence-electron chi connectivity index (χ4n) is 5.12. The van der Waals surface area contributed by atoms with E-state index < -0.39 is 0 Å². The normalized spacial score (nSPS) is 18.8. The van der Waals surface area contributed by atoms with Crippen LogP contribution in [0.4, 0.5) is 4.39 Å². The third kappa shape index (κ3) is 3.98. The summed E-state index contributed by atoms with van der Waals surface area (Å²) < 4.78 is 20.9. The van der Waals surface area contributed by atoms with Gasteiger partial charge < -0.3 is 9.64 Å². The lowest BCUT2D eigenvalue weighted by Crippen LogP contribution is -2.37. The molecule has 162 valence electrons. The molecular formula is C25H28FN3O2. The second-order valence-electron chi connectivity index (χ2n) is 8.81. The van der Waals surface area contributed by atoms with Crippen molar-refractivity contribution in [2.24, 2.45) is 5.92 Å². The van der Waals surface area contributed by atoms with Crippen LogP contribution in [0.1, 0.15) is 48.3 Å². The SMILES string of the molecule is Cc1nc2n(c(=O)c1CCN1CCC(C3=C=COc4cc(F)ccc43)CC1)CCCC2. The van der Waals surface area contributed by atoms with Crippen molar-refractivity contribution in [3.05, 3.63) is 69.0 Å². The van der Waals surface area contributed by atoms with Crippen LogP contribution in [0.15, 0.2) is 35.0 Å². The summed E-state index contributed by atoms with van der Waals surface area (Å²) in [5.41, 5.74) is 7.26. The summed E-state index contributed by atoms with van der Waals surface area (Å²) in [5.74, 6) is 1.63. The van der Waals surface area contributed by atoms with Gasteiger partial charge >= 0.3 is 0 Å². The van der Waals surface area contributed by atoms with E-state index in [1.807, 2.05) is 11.5 Å². The van der Waals surface area contributed by atoms with Crippen molar-refractivity contribution >= 4 is 5.57 Å². The number of fused-ring (bicyclic) bond motifs is 2. The van der Waals surface area contributed by atoms with Crippen LogP contribution < -0.4 is 10.3 Å². The second-order valence-corrected chi connectivity index (χ2v) is 8.81. The lowest BCUT2D eigenvalue weighted by atomic mass is 9.84. The van der Waals surface area contributed by atoms with Crippen LogP contribution in [0, 0.1) is 18.7 Å². The van der Waals surface area contributed by atoms with Crippen LogP contribution in [0.2, 0.25) is 0 Å². The third-order valence-electron chi connectivity index (χ3n) is 6.89. The highest BCUT2D eigenvalue weighted by molar-refractivity contribution is 5.73. The number of hydrogen-bond donors (Lipinski definition) is 0. The second kappa shape index (κ2) is 8.45. The smallest absolute Gasteiger partial charge is 0.256 e. The standard InChI is InChI=1S/C25H28FN3O2/c1-17-20(25(30)29-11-3-2-4-24(29)27-17)9-14-28-12-7-18(8-13-28)21-10-15-31-23-16-19(26)5-6-22(21)23/h5-6,15-16,18H,2-4,7-9,11-14H2,1H3. The summed E-state index contributed by atoms with van der Waals surface area (Å²) in [6.45, 7) is 5.61. The van der Waals surface area contributed by atoms with Gasteiger partial charge in [-0.05, 0) is 70.2 Å². The molecule has 0 amide bonds. The van der Waals surface area contributed by atoms with Gasteiger partial charge in [-0.3, -0.25) is 9.36 Å². The third-order valence-corrected chi connectivity index (χ3v) is 6.89. The van der Waals surface area contributed by atoms with Crippen LogP contribution in [-0.2, 0) is 19.4 Å². The number of hydrogen-bond acceptors (Lipinski definition) is 4. The molecule has 2 aromatic rings. The first kappa shape index (κ1) is 20.2. The highest BCUT2D eigenvalue weighted by atomic mass is 19.1. The summed E-state index contributed by atoms with van der Waals surface area (Å²) in [5, 5.41) is 0. The van der Waals surface area contributed by atoms with Gasteiger partial charge in [0.1, 0.15) is 23.7 Å². The van der Waals surface area contributed by atoms with Gasteiger partial charge in [0, 0.05) is 48.0 Å². The minimum Gasteiger partial charge on any atom is -0.456 e. The molecule has 0 radical (unpaired) electrons. The molecule has 6 heteroatoms. The molecule has 3 aliphatic rings. The summed E-state index contributed by atoms with van der Waals surface area (Å²) in [6.07, 6.45) is 7.44. The zero-order valence-corrected chi connectivity index (χ0v) is 18.0. The first-order valence-corrected chi connectivity index (χ1v) is 11.3. The molecule has 0 N–H and O–H groups in total. The van der Waals surface area contributed by atoms with E-state index in [-0.39, 0.29) is 11.4 Å². The number of ether oxygens (including phenoxy) is 1. The average molecular weight is 422 g/mol. The number of allylic oxidation sites excluding steroid dienone is 1. The van der Waals surface area contributed by atoms with E-state index in [0.29, 0.717) is 11.7 Å². The summed E-state index contributed by atoms with van der Waals surface area (Å²) in [4.78, 5) is 20.1. The maximum absolute atomic E-state index is 13.5. The van der Waals surface area contributed by atoms with Gasteiger partial charge in [-0.1, -0.05) is 5.73 Å². The molecule has 31 heavy (non-hydrogen) atoms. The molecule has 3 aliphatic heterocycles. The van der Waals surface area contributed by atoms with E-state index >= 15 is 0 Å². The van der Waals surface area contributed by atoms with Crippen LogP contribution >= 0.6 is 0 Å². The molecule has 5 nitrogen and oxygen atoms in total. The molecular weight excluding hydrogens is 393 g/mol. The van der Waals surface area contributed by atoms with Gasteiger partial charge in [-0.2, -0.15) is 0 Å². The number of aryl methyl sites for hydroxylation is 2. The minimum absolute atomic E-state index is 0.165. The molecule has 0 aliphatic carbocycles. The molecule has 0 spiro atoms.